The lowest BCUT2D eigenvalue weighted by atomic mass is 9.96. The van der Waals surface area contributed by atoms with Gasteiger partial charge in [-0.25, -0.2) is 4.79 Å². The lowest BCUT2D eigenvalue weighted by molar-refractivity contribution is -0.179. The molecule has 0 radical (unpaired) electrons. The molecular formula is C22H38Cl2N4O6S. The number of nitrogens with zero attached hydrogens (tertiary/aromatic N) is 3. The van der Waals surface area contributed by atoms with Gasteiger partial charge in [0.15, 0.2) is 6.04 Å². The maximum atomic E-state index is 12.9. The van der Waals surface area contributed by atoms with Crippen molar-refractivity contribution in [2.24, 2.45) is 16.1 Å². The van der Waals surface area contributed by atoms with Crippen molar-refractivity contribution in [1.82, 2.24) is 9.80 Å². The van der Waals surface area contributed by atoms with Crippen molar-refractivity contribution < 1.29 is 28.6 Å². The predicted molar refractivity (Wildman–Crippen MR) is 139 cm³/mol. The molecule has 0 aromatic carbocycles. The molecule has 0 aromatic heterocycles. The molecule has 3 heterocycles. The summed E-state index contributed by atoms with van der Waals surface area (Å²) < 4.78 is 15.4. The van der Waals surface area contributed by atoms with Crippen LogP contribution in [-0.2, 0) is 28.6 Å². The van der Waals surface area contributed by atoms with Crippen molar-refractivity contribution >= 4 is 60.8 Å². The third-order valence-corrected chi connectivity index (χ3v) is 7.54. The van der Waals surface area contributed by atoms with Crippen molar-refractivity contribution in [1.29, 1.82) is 0 Å². The summed E-state index contributed by atoms with van der Waals surface area (Å²) >= 11 is 1.54. The molecule has 1 amide bonds. The van der Waals surface area contributed by atoms with E-state index in [1.54, 1.807) is 32.0 Å². The standard InChI is InChI=1S/C22H36N4O6S.2ClH/c1-21(2,3)20(29)32-13-31-19(28)16-22(4,5)33-18-15(17(27)26(16)18)24-12-25-9-6-14(7-10-25)30-11-8-23;;/h12,14-16,18H,6-11,13,23H2,1-5H3;2*1H/t15-,16+,18-;;/m1../s1. The average molecular weight is 558 g/mol. The largest absolute Gasteiger partial charge is 0.427 e. The molecule has 3 atom stereocenters. The highest BCUT2D eigenvalue weighted by Gasteiger charge is 2.64. The molecule has 0 aliphatic carbocycles. The summed E-state index contributed by atoms with van der Waals surface area (Å²) in [6.45, 7) is 11.2. The van der Waals surface area contributed by atoms with Crippen LogP contribution in [-0.4, -0.2) is 95.3 Å². The Balaban J connectivity index is 0.00000306. The summed E-state index contributed by atoms with van der Waals surface area (Å²) in [6, 6.07) is -1.27. The van der Waals surface area contributed by atoms with Gasteiger partial charge in [-0.2, -0.15) is 0 Å². The molecule has 3 aliphatic heterocycles. The fourth-order valence-electron chi connectivity index (χ4n) is 4.11. The lowest BCUT2D eigenvalue weighted by Crippen LogP contribution is -2.65. The first-order valence-corrected chi connectivity index (χ1v) is 12.3. The number of esters is 2. The van der Waals surface area contributed by atoms with E-state index in [1.807, 2.05) is 13.8 Å². The number of rotatable bonds is 8. The van der Waals surface area contributed by atoms with E-state index in [1.165, 1.54) is 11.8 Å². The number of ether oxygens (including phenoxy) is 3. The number of β-lactam (4-membered cyclic amide) rings is 1. The minimum Gasteiger partial charge on any atom is -0.427 e. The maximum absolute atomic E-state index is 12.9. The number of nitrogens with two attached hydrogens (primary N) is 1. The first-order valence-electron chi connectivity index (χ1n) is 11.4. The Kier molecular flexibility index (Phi) is 11.6. The summed E-state index contributed by atoms with van der Waals surface area (Å²) in [7, 11) is 0. The van der Waals surface area contributed by atoms with Crippen molar-refractivity contribution in [2.45, 2.75) is 75.8 Å². The number of carbonyl (C=O) groups excluding carboxylic acids is 3. The van der Waals surface area contributed by atoms with E-state index in [2.05, 4.69) is 9.89 Å². The minimum absolute atomic E-state index is 0. The lowest BCUT2D eigenvalue weighted by Gasteiger charge is -2.42. The molecule has 3 aliphatic rings. The van der Waals surface area contributed by atoms with Crippen LogP contribution in [0.2, 0.25) is 0 Å². The zero-order valence-corrected chi connectivity index (χ0v) is 23.4. The van der Waals surface area contributed by atoms with Gasteiger partial charge in [0.05, 0.1) is 24.5 Å². The number of thioether (sulfide) groups is 1. The van der Waals surface area contributed by atoms with Gasteiger partial charge in [-0.3, -0.25) is 14.6 Å². The van der Waals surface area contributed by atoms with E-state index in [0.29, 0.717) is 13.2 Å². The van der Waals surface area contributed by atoms with Gasteiger partial charge in [0, 0.05) is 24.4 Å². The van der Waals surface area contributed by atoms with Gasteiger partial charge >= 0.3 is 11.9 Å². The highest BCUT2D eigenvalue weighted by atomic mass is 35.5. The van der Waals surface area contributed by atoms with E-state index >= 15 is 0 Å². The van der Waals surface area contributed by atoms with Crippen LogP contribution >= 0.6 is 36.6 Å². The molecule has 202 valence electrons. The predicted octanol–water partition coefficient (Wildman–Crippen LogP) is 1.82. The zero-order valence-electron chi connectivity index (χ0n) is 20.9. The molecule has 3 saturated heterocycles. The Hall–Kier alpha value is -1.27. The first kappa shape index (κ1) is 31.8. The molecule has 0 saturated carbocycles. The fourth-order valence-corrected chi connectivity index (χ4v) is 5.72. The topological polar surface area (TPSA) is 124 Å². The van der Waals surface area contributed by atoms with Gasteiger partial charge in [0.2, 0.25) is 6.79 Å². The molecule has 3 fully saturated rings. The Bertz CT molecular complexity index is 786. The van der Waals surface area contributed by atoms with Gasteiger partial charge in [-0.15, -0.1) is 36.6 Å². The summed E-state index contributed by atoms with van der Waals surface area (Å²) in [5.74, 6) is -1.23. The Morgan fingerprint density at radius 3 is 2.40 bits per heavy atom. The number of likely N-dealkylation sites (tertiary alicyclic amines) is 1. The number of aliphatic imine (C=N–C) groups is 1. The van der Waals surface area contributed by atoms with Gasteiger partial charge in [-0.05, 0) is 47.5 Å². The van der Waals surface area contributed by atoms with E-state index in [-0.39, 0.29) is 42.2 Å². The Labute approximate surface area is 223 Å². The SMILES string of the molecule is CC(C)(C)C(=O)OCOC(=O)[C@@H]1N2C(=O)[C@@H](N=CN3CCC(OCCN)CC3)[C@H]2SC1(C)C.Cl.Cl. The first-order chi connectivity index (χ1) is 15.5. The summed E-state index contributed by atoms with van der Waals surface area (Å²) in [5, 5.41) is -0.219. The molecule has 0 bridgehead atoms. The van der Waals surface area contributed by atoms with Crippen LogP contribution in [0.25, 0.3) is 0 Å². The second kappa shape index (κ2) is 12.8. The van der Waals surface area contributed by atoms with Gasteiger partial charge in [0.25, 0.3) is 5.91 Å². The second-order valence-electron chi connectivity index (χ2n) is 10.1. The van der Waals surface area contributed by atoms with Gasteiger partial charge in [0.1, 0.15) is 11.4 Å². The third kappa shape index (κ3) is 7.38. The number of amides is 1. The number of piperidine rings is 1. The average Bonchev–Trinajstić information content (AvgIpc) is 3.00. The van der Waals surface area contributed by atoms with E-state index in [9.17, 15) is 14.4 Å². The number of fused-ring (bicyclic) bond motifs is 1. The number of carbonyl (C=O) groups is 3. The van der Waals surface area contributed by atoms with E-state index in [4.69, 9.17) is 19.9 Å². The van der Waals surface area contributed by atoms with Crippen LogP contribution < -0.4 is 5.73 Å². The van der Waals surface area contributed by atoms with E-state index in [0.717, 1.165) is 25.9 Å². The molecule has 10 nitrogen and oxygen atoms in total. The quantitative estimate of drug-likeness (QED) is 0.157. The van der Waals surface area contributed by atoms with Gasteiger partial charge < -0.3 is 29.7 Å². The van der Waals surface area contributed by atoms with Crippen LogP contribution in [0.3, 0.4) is 0 Å². The van der Waals surface area contributed by atoms with Crippen LogP contribution in [0, 0.1) is 5.41 Å². The number of hydrogen-bond acceptors (Lipinski definition) is 9. The van der Waals surface area contributed by atoms with Crippen molar-refractivity contribution in [3.63, 3.8) is 0 Å². The van der Waals surface area contributed by atoms with Gasteiger partial charge in [-0.1, -0.05) is 0 Å². The Morgan fingerprint density at radius 2 is 1.83 bits per heavy atom. The Morgan fingerprint density at radius 1 is 1.20 bits per heavy atom. The minimum atomic E-state index is -0.754. The van der Waals surface area contributed by atoms with Crippen LogP contribution in [0.1, 0.15) is 47.5 Å². The fraction of sp³-hybridized carbons (Fsp3) is 0.818. The smallest absolute Gasteiger partial charge is 0.333 e. The molecule has 3 rings (SSSR count). The zero-order chi connectivity index (χ0) is 24.4. The van der Waals surface area contributed by atoms with Crippen LogP contribution in [0.4, 0.5) is 0 Å². The van der Waals surface area contributed by atoms with Crippen molar-refractivity contribution in [3.05, 3.63) is 0 Å². The molecule has 0 spiro atoms. The number of halogens is 2. The summed E-state index contributed by atoms with van der Waals surface area (Å²) in [4.78, 5) is 45.7. The van der Waals surface area contributed by atoms with Crippen molar-refractivity contribution in [3.8, 4) is 0 Å². The normalized spacial score (nSPS) is 25.9. The molecular weight excluding hydrogens is 519 g/mol. The monoisotopic (exact) mass is 556 g/mol. The summed E-state index contributed by atoms with van der Waals surface area (Å²) in [5.41, 5.74) is 4.80. The molecule has 0 unspecified atom stereocenters. The highest BCUT2D eigenvalue weighted by Crippen LogP contribution is 2.51. The van der Waals surface area contributed by atoms with Crippen LogP contribution in [0.15, 0.2) is 4.99 Å². The number of hydrogen-bond donors (Lipinski definition) is 1. The highest BCUT2D eigenvalue weighted by molar-refractivity contribution is 8.01. The molecule has 2 N–H and O–H groups in total. The van der Waals surface area contributed by atoms with Crippen molar-refractivity contribution in [2.75, 3.05) is 33.0 Å². The van der Waals surface area contributed by atoms with Crippen LogP contribution in [0.5, 0.6) is 0 Å². The second-order valence-corrected chi connectivity index (χ2v) is 11.9. The van der Waals surface area contributed by atoms with E-state index < -0.39 is 41.0 Å². The molecule has 0 aromatic rings. The molecule has 35 heavy (non-hydrogen) atoms. The molecule has 13 heteroatoms. The summed E-state index contributed by atoms with van der Waals surface area (Å²) in [6.07, 6.45) is 3.77. The third-order valence-electron chi connectivity index (χ3n) is 5.98. The maximum Gasteiger partial charge on any atom is 0.333 e.